The fourth-order valence-corrected chi connectivity index (χ4v) is 1.89. The van der Waals surface area contributed by atoms with E-state index in [2.05, 4.69) is 26.1 Å². The Kier molecular flexibility index (Phi) is 5.10. The molecule has 0 bridgehead atoms. The van der Waals surface area contributed by atoms with Gasteiger partial charge in [-0.15, -0.1) is 0 Å². The van der Waals surface area contributed by atoms with Crippen LogP contribution in [0.15, 0.2) is 40.8 Å². The van der Waals surface area contributed by atoms with Gasteiger partial charge in [0.15, 0.2) is 0 Å². The van der Waals surface area contributed by atoms with Crippen LogP contribution in [0.4, 0.5) is 5.69 Å². The number of hydrogen-bond donors (Lipinski definition) is 1. The predicted octanol–water partition coefficient (Wildman–Crippen LogP) is 4.63. The maximum Gasteiger partial charge on any atom is 0.123 e. The number of aryl methyl sites for hydroxylation is 1. The summed E-state index contributed by atoms with van der Waals surface area (Å²) in [6, 6.07) is 12.1. The first-order chi connectivity index (χ1) is 9.71. The fourth-order valence-electron chi connectivity index (χ4n) is 1.89. The highest BCUT2D eigenvalue weighted by Crippen LogP contribution is 2.20. The lowest BCUT2D eigenvalue weighted by Crippen LogP contribution is -2.09. The molecule has 0 aliphatic rings. The second-order valence-corrected chi connectivity index (χ2v) is 4.94. The third-order valence-electron chi connectivity index (χ3n) is 3.28. The van der Waals surface area contributed by atoms with Gasteiger partial charge < -0.3 is 14.5 Å². The van der Waals surface area contributed by atoms with Gasteiger partial charge in [0, 0.05) is 18.2 Å². The van der Waals surface area contributed by atoms with Crippen LogP contribution in [0.25, 0.3) is 0 Å². The van der Waals surface area contributed by atoms with Gasteiger partial charge in [0.25, 0.3) is 0 Å². The summed E-state index contributed by atoms with van der Waals surface area (Å²) in [4.78, 5) is 0. The number of rotatable bonds is 7. The van der Waals surface area contributed by atoms with Gasteiger partial charge >= 0.3 is 0 Å². The predicted molar refractivity (Wildman–Crippen MR) is 82.2 cm³/mol. The van der Waals surface area contributed by atoms with Gasteiger partial charge in [0.2, 0.25) is 0 Å². The highest BCUT2D eigenvalue weighted by Gasteiger charge is 2.03. The minimum atomic E-state index is 0.238. The van der Waals surface area contributed by atoms with E-state index in [4.69, 9.17) is 9.15 Å². The van der Waals surface area contributed by atoms with Gasteiger partial charge in [-0.25, -0.2) is 0 Å². The van der Waals surface area contributed by atoms with Crippen LogP contribution in [0.3, 0.4) is 0 Å². The highest BCUT2D eigenvalue weighted by molar-refractivity contribution is 5.48. The molecule has 1 N–H and O–H groups in total. The van der Waals surface area contributed by atoms with Crippen molar-refractivity contribution in [3.05, 3.63) is 47.9 Å². The Balaban J connectivity index is 1.93. The molecule has 20 heavy (non-hydrogen) atoms. The Labute approximate surface area is 121 Å². The number of nitrogens with one attached hydrogen (secondary N) is 1. The van der Waals surface area contributed by atoms with E-state index in [1.54, 1.807) is 0 Å². The Morgan fingerprint density at radius 3 is 2.65 bits per heavy atom. The van der Waals surface area contributed by atoms with Crippen molar-refractivity contribution in [2.24, 2.45) is 0 Å². The molecule has 0 saturated carbocycles. The molecule has 1 unspecified atom stereocenters. The molecule has 2 aromatic rings. The van der Waals surface area contributed by atoms with Gasteiger partial charge in [-0.1, -0.05) is 19.9 Å². The van der Waals surface area contributed by atoms with Crippen molar-refractivity contribution in [2.45, 2.75) is 46.3 Å². The summed E-state index contributed by atoms with van der Waals surface area (Å²) >= 11 is 0. The first-order valence-electron chi connectivity index (χ1n) is 7.29. The molecule has 1 aromatic carbocycles. The van der Waals surface area contributed by atoms with Gasteiger partial charge in [0.1, 0.15) is 17.3 Å². The summed E-state index contributed by atoms with van der Waals surface area (Å²) < 4.78 is 11.5. The molecule has 1 aromatic heterocycles. The van der Waals surface area contributed by atoms with E-state index in [1.807, 2.05) is 36.4 Å². The average molecular weight is 273 g/mol. The van der Waals surface area contributed by atoms with Crippen LogP contribution in [-0.2, 0) is 13.0 Å². The number of ether oxygens (including phenoxy) is 1. The van der Waals surface area contributed by atoms with Crippen molar-refractivity contribution >= 4 is 5.69 Å². The van der Waals surface area contributed by atoms with E-state index >= 15 is 0 Å². The van der Waals surface area contributed by atoms with Crippen molar-refractivity contribution in [1.82, 2.24) is 0 Å². The summed E-state index contributed by atoms with van der Waals surface area (Å²) in [5.74, 6) is 2.88. The van der Waals surface area contributed by atoms with Crippen LogP contribution in [-0.4, -0.2) is 6.10 Å². The standard InChI is InChI=1S/C17H23NO2/c1-4-13(3)19-16-8-6-7-14(11-16)18-12-17-10-9-15(5-2)20-17/h6-11,13,18H,4-5,12H2,1-3H3. The third-order valence-corrected chi connectivity index (χ3v) is 3.28. The summed E-state index contributed by atoms with van der Waals surface area (Å²) in [5.41, 5.74) is 1.04. The molecule has 1 atom stereocenters. The molecular formula is C17H23NO2. The van der Waals surface area contributed by atoms with Gasteiger partial charge in [-0.3, -0.25) is 0 Å². The minimum absolute atomic E-state index is 0.238. The lowest BCUT2D eigenvalue weighted by Gasteiger charge is -2.13. The average Bonchev–Trinajstić information content (AvgIpc) is 2.93. The molecule has 3 heteroatoms. The van der Waals surface area contributed by atoms with Crippen LogP contribution in [0.2, 0.25) is 0 Å². The van der Waals surface area contributed by atoms with Gasteiger partial charge in [0.05, 0.1) is 12.6 Å². The van der Waals surface area contributed by atoms with Crippen molar-refractivity contribution in [1.29, 1.82) is 0 Å². The van der Waals surface area contributed by atoms with E-state index < -0.39 is 0 Å². The van der Waals surface area contributed by atoms with E-state index in [-0.39, 0.29) is 6.10 Å². The van der Waals surface area contributed by atoms with Crippen LogP contribution >= 0.6 is 0 Å². The lowest BCUT2D eigenvalue weighted by molar-refractivity contribution is 0.217. The number of hydrogen-bond acceptors (Lipinski definition) is 3. The first-order valence-corrected chi connectivity index (χ1v) is 7.29. The van der Waals surface area contributed by atoms with Crippen molar-refractivity contribution in [3.8, 4) is 5.75 Å². The summed E-state index contributed by atoms with van der Waals surface area (Å²) in [5, 5.41) is 3.36. The third kappa shape index (κ3) is 4.05. The second-order valence-electron chi connectivity index (χ2n) is 4.94. The number of anilines is 1. The Morgan fingerprint density at radius 2 is 1.95 bits per heavy atom. The zero-order chi connectivity index (χ0) is 14.4. The largest absolute Gasteiger partial charge is 0.491 e. The van der Waals surface area contributed by atoms with Gasteiger partial charge in [-0.05, 0) is 37.6 Å². The smallest absolute Gasteiger partial charge is 0.123 e. The molecule has 0 fully saturated rings. The summed E-state index contributed by atoms with van der Waals surface area (Å²) in [7, 11) is 0. The highest BCUT2D eigenvalue weighted by atomic mass is 16.5. The molecule has 0 saturated heterocycles. The summed E-state index contributed by atoms with van der Waals surface area (Å²) in [6.07, 6.45) is 2.17. The van der Waals surface area contributed by atoms with E-state index in [0.717, 1.165) is 35.8 Å². The molecule has 3 nitrogen and oxygen atoms in total. The SMILES string of the molecule is CCc1ccc(CNc2cccc(OC(C)CC)c2)o1. The topological polar surface area (TPSA) is 34.4 Å². The van der Waals surface area contributed by atoms with E-state index in [1.165, 1.54) is 0 Å². The number of furan rings is 1. The van der Waals surface area contributed by atoms with Crippen molar-refractivity contribution < 1.29 is 9.15 Å². The first kappa shape index (κ1) is 14.5. The Bertz CT molecular complexity index is 533. The van der Waals surface area contributed by atoms with Gasteiger partial charge in [-0.2, -0.15) is 0 Å². The Morgan fingerprint density at radius 1 is 1.15 bits per heavy atom. The van der Waals surface area contributed by atoms with Crippen molar-refractivity contribution in [2.75, 3.05) is 5.32 Å². The lowest BCUT2D eigenvalue weighted by atomic mass is 10.2. The monoisotopic (exact) mass is 273 g/mol. The minimum Gasteiger partial charge on any atom is -0.491 e. The fraction of sp³-hybridized carbons (Fsp3) is 0.412. The molecule has 108 valence electrons. The molecule has 0 spiro atoms. The quantitative estimate of drug-likeness (QED) is 0.798. The molecule has 0 amide bonds. The summed E-state index contributed by atoms with van der Waals surface area (Å²) in [6.45, 7) is 6.97. The van der Waals surface area contributed by atoms with Crippen LogP contribution in [0.5, 0.6) is 5.75 Å². The second kappa shape index (κ2) is 7.04. The molecule has 1 heterocycles. The molecule has 0 aliphatic heterocycles. The molecular weight excluding hydrogens is 250 g/mol. The van der Waals surface area contributed by atoms with Crippen LogP contribution < -0.4 is 10.1 Å². The molecule has 2 rings (SSSR count). The zero-order valence-electron chi connectivity index (χ0n) is 12.5. The van der Waals surface area contributed by atoms with Crippen molar-refractivity contribution in [3.63, 3.8) is 0 Å². The maximum absolute atomic E-state index is 5.81. The Hall–Kier alpha value is -1.90. The normalized spacial score (nSPS) is 12.2. The van der Waals surface area contributed by atoms with E-state index in [0.29, 0.717) is 6.54 Å². The van der Waals surface area contributed by atoms with Crippen LogP contribution in [0, 0.1) is 0 Å². The maximum atomic E-state index is 5.81. The molecule has 0 aliphatic carbocycles. The van der Waals surface area contributed by atoms with E-state index in [9.17, 15) is 0 Å². The van der Waals surface area contributed by atoms with Crippen LogP contribution in [0.1, 0.15) is 38.7 Å². The molecule has 0 radical (unpaired) electrons. The number of benzene rings is 1. The zero-order valence-corrected chi connectivity index (χ0v) is 12.5.